The number of carbonyl (C=O) groups is 2. The van der Waals surface area contributed by atoms with E-state index in [1.165, 1.54) is 20.9 Å². The molecule has 0 saturated carbocycles. The number of nitrogens with one attached hydrogen (secondary N) is 1. The number of amides is 2. The summed E-state index contributed by atoms with van der Waals surface area (Å²) in [5.74, 6) is -0.111. The van der Waals surface area contributed by atoms with Crippen molar-refractivity contribution in [2.45, 2.75) is 12.5 Å². The lowest BCUT2D eigenvalue weighted by Gasteiger charge is -2.35. The van der Waals surface area contributed by atoms with Gasteiger partial charge in [0.2, 0.25) is 5.91 Å². The fourth-order valence-electron chi connectivity index (χ4n) is 3.90. The second kappa shape index (κ2) is 8.81. The zero-order valence-electron chi connectivity index (χ0n) is 17.2. The van der Waals surface area contributed by atoms with Gasteiger partial charge < -0.3 is 10.2 Å². The number of hydrogen-bond donors (Lipinski definition) is 1. The number of nitrogens with zero attached hydrogens (tertiary/aromatic N) is 2. The molecular formula is C24H25N3O2S. The maximum atomic E-state index is 12.8. The molecule has 0 spiro atoms. The Kier molecular flexibility index (Phi) is 5.97. The predicted molar refractivity (Wildman–Crippen MR) is 121 cm³/mol. The molecule has 6 heteroatoms. The Morgan fingerprint density at radius 3 is 2.50 bits per heavy atom. The van der Waals surface area contributed by atoms with Gasteiger partial charge in [0.05, 0.1) is 12.6 Å². The van der Waals surface area contributed by atoms with Crippen molar-refractivity contribution in [3.63, 3.8) is 0 Å². The lowest BCUT2D eigenvalue weighted by molar-refractivity contribution is -0.117. The van der Waals surface area contributed by atoms with Gasteiger partial charge >= 0.3 is 0 Å². The Morgan fingerprint density at radius 2 is 1.80 bits per heavy atom. The fourth-order valence-corrected chi connectivity index (χ4v) is 4.81. The number of benzene rings is 2. The predicted octanol–water partition coefficient (Wildman–Crippen LogP) is 4.04. The molecule has 1 aliphatic heterocycles. The van der Waals surface area contributed by atoms with Crippen molar-refractivity contribution in [1.82, 2.24) is 9.80 Å². The first kappa shape index (κ1) is 20.3. The Morgan fingerprint density at radius 1 is 1.07 bits per heavy atom. The van der Waals surface area contributed by atoms with E-state index in [2.05, 4.69) is 33.8 Å². The summed E-state index contributed by atoms with van der Waals surface area (Å²) in [6.45, 7) is 1.16. The third kappa shape index (κ3) is 4.30. The number of carbonyl (C=O) groups excluding carboxylic acids is 2. The maximum absolute atomic E-state index is 12.8. The minimum absolute atomic E-state index is 0.0544. The number of thiophene rings is 1. The molecule has 2 amide bonds. The van der Waals surface area contributed by atoms with Gasteiger partial charge in [-0.25, -0.2) is 0 Å². The molecule has 4 rings (SSSR count). The van der Waals surface area contributed by atoms with Gasteiger partial charge in [-0.3, -0.25) is 14.5 Å². The van der Waals surface area contributed by atoms with E-state index >= 15 is 0 Å². The van der Waals surface area contributed by atoms with Gasteiger partial charge in [-0.2, -0.15) is 0 Å². The summed E-state index contributed by atoms with van der Waals surface area (Å²) in [7, 11) is 3.44. The number of rotatable bonds is 5. The van der Waals surface area contributed by atoms with Gasteiger partial charge in [-0.15, -0.1) is 11.3 Å². The van der Waals surface area contributed by atoms with Gasteiger partial charge in [0.1, 0.15) is 0 Å². The Labute approximate surface area is 180 Å². The molecule has 5 nitrogen and oxygen atoms in total. The molecular weight excluding hydrogens is 394 g/mol. The fraction of sp³-hybridized carbons (Fsp3) is 0.250. The molecule has 1 atom stereocenters. The van der Waals surface area contributed by atoms with Crippen LogP contribution in [0.1, 0.15) is 32.4 Å². The highest BCUT2D eigenvalue weighted by Crippen LogP contribution is 2.37. The van der Waals surface area contributed by atoms with Crippen LogP contribution < -0.4 is 5.32 Å². The zero-order chi connectivity index (χ0) is 21.1. The zero-order valence-corrected chi connectivity index (χ0v) is 18.0. The molecule has 1 aliphatic rings. The van der Waals surface area contributed by atoms with E-state index in [4.69, 9.17) is 0 Å². The van der Waals surface area contributed by atoms with E-state index in [0.29, 0.717) is 17.8 Å². The molecule has 3 aromatic rings. The standard InChI is InChI=1S/C24H25N3O2S/c1-26(2)24(29)18-8-10-19(11-9-18)25-22(28)16-27-14-12-21-20(13-15-30-21)23(27)17-6-4-3-5-7-17/h3-11,13,15,23H,12,14,16H2,1-2H3,(H,25,28). The SMILES string of the molecule is CN(C)C(=O)c1ccc(NC(=O)CN2CCc3sccc3C2c2ccccc2)cc1. The van der Waals surface area contributed by atoms with E-state index in [0.717, 1.165) is 13.0 Å². The van der Waals surface area contributed by atoms with Gasteiger partial charge in [-0.1, -0.05) is 30.3 Å². The Hall–Kier alpha value is -2.96. The van der Waals surface area contributed by atoms with Crippen LogP contribution in [-0.4, -0.2) is 48.8 Å². The Bertz CT molecular complexity index is 1030. The van der Waals surface area contributed by atoms with E-state index in [-0.39, 0.29) is 17.9 Å². The van der Waals surface area contributed by atoms with Crippen LogP contribution in [0.15, 0.2) is 66.0 Å². The van der Waals surface area contributed by atoms with Crippen molar-refractivity contribution in [1.29, 1.82) is 0 Å². The average Bonchev–Trinajstić information content (AvgIpc) is 3.23. The summed E-state index contributed by atoms with van der Waals surface area (Å²) in [6.07, 6.45) is 0.963. The summed E-state index contributed by atoms with van der Waals surface area (Å²) in [5, 5.41) is 5.11. The largest absolute Gasteiger partial charge is 0.345 e. The quantitative estimate of drug-likeness (QED) is 0.679. The van der Waals surface area contributed by atoms with Crippen LogP contribution in [0.5, 0.6) is 0 Å². The highest BCUT2D eigenvalue weighted by molar-refractivity contribution is 7.10. The molecule has 0 bridgehead atoms. The van der Waals surface area contributed by atoms with Crippen LogP contribution >= 0.6 is 11.3 Å². The van der Waals surface area contributed by atoms with Crippen molar-refractivity contribution >= 4 is 28.8 Å². The highest BCUT2D eigenvalue weighted by Gasteiger charge is 2.30. The lowest BCUT2D eigenvalue weighted by atomic mass is 9.93. The monoisotopic (exact) mass is 419 g/mol. The topological polar surface area (TPSA) is 52.7 Å². The molecule has 0 fully saturated rings. The first-order valence-corrected chi connectivity index (χ1v) is 10.9. The number of fused-ring (bicyclic) bond motifs is 1. The molecule has 0 saturated heterocycles. The summed E-state index contributed by atoms with van der Waals surface area (Å²) >= 11 is 1.79. The van der Waals surface area contributed by atoms with E-state index in [1.807, 2.05) is 18.2 Å². The normalized spacial score (nSPS) is 16.0. The van der Waals surface area contributed by atoms with Crippen LogP contribution in [0.4, 0.5) is 5.69 Å². The van der Waals surface area contributed by atoms with Gasteiger partial charge in [-0.05, 0) is 53.3 Å². The van der Waals surface area contributed by atoms with Crippen LogP contribution in [0.2, 0.25) is 0 Å². The summed E-state index contributed by atoms with van der Waals surface area (Å²) in [4.78, 5) is 30.0. The van der Waals surface area contributed by atoms with Crippen molar-refractivity contribution in [3.8, 4) is 0 Å². The van der Waals surface area contributed by atoms with Crippen LogP contribution in [-0.2, 0) is 11.2 Å². The lowest BCUT2D eigenvalue weighted by Crippen LogP contribution is -2.40. The van der Waals surface area contributed by atoms with Gasteiger partial charge in [0.15, 0.2) is 0 Å². The molecule has 1 aromatic heterocycles. The van der Waals surface area contributed by atoms with Crippen molar-refractivity contribution in [2.75, 3.05) is 32.5 Å². The second-order valence-electron chi connectivity index (χ2n) is 7.66. The molecule has 0 aliphatic carbocycles. The molecule has 0 radical (unpaired) electrons. The van der Waals surface area contributed by atoms with E-state index in [1.54, 1.807) is 49.7 Å². The van der Waals surface area contributed by atoms with Crippen LogP contribution in [0.3, 0.4) is 0 Å². The minimum Gasteiger partial charge on any atom is -0.345 e. The molecule has 1 N–H and O–H groups in total. The minimum atomic E-state index is -0.0570. The van der Waals surface area contributed by atoms with Crippen molar-refractivity contribution < 1.29 is 9.59 Å². The first-order valence-electron chi connectivity index (χ1n) is 10.00. The highest BCUT2D eigenvalue weighted by atomic mass is 32.1. The molecule has 30 heavy (non-hydrogen) atoms. The molecule has 2 heterocycles. The molecule has 154 valence electrons. The van der Waals surface area contributed by atoms with Gasteiger partial charge in [0, 0.05) is 36.8 Å². The van der Waals surface area contributed by atoms with E-state index in [9.17, 15) is 9.59 Å². The third-order valence-corrected chi connectivity index (χ3v) is 6.35. The van der Waals surface area contributed by atoms with Crippen molar-refractivity contribution in [3.05, 3.63) is 87.6 Å². The molecule has 2 aromatic carbocycles. The Balaban J connectivity index is 1.48. The second-order valence-corrected chi connectivity index (χ2v) is 8.66. The maximum Gasteiger partial charge on any atom is 0.253 e. The third-order valence-electron chi connectivity index (χ3n) is 5.35. The summed E-state index contributed by atoms with van der Waals surface area (Å²) in [5.41, 5.74) is 3.80. The average molecular weight is 420 g/mol. The summed E-state index contributed by atoms with van der Waals surface area (Å²) in [6, 6.07) is 19.7. The molecule has 1 unspecified atom stereocenters. The van der Waals surface area contributed by atoms with Gasteiger partial charge in [0.25, 0.3) is 5.91 Å². The van der Waals surface area contributed by atoms with Crippen LogP contribution in [0.25, 0.3) is 0 Å². The first-order chi connectivity index (χ1) is 14.5. The smallest absolute Gasteiger partial charge is 0.253 e. The summed E-state index contributed by atoms with van der Waals surface area (Å²) < 4.78 is 0. The number of anilines is 1. The van der Waals surface area contributed by atoms with Crippen LogP contribution in [0, 0.1) is 0 Å². The number of hydrogen-bond acceptors (Lipinski definition) is 4. The van der Waals surface area contributed by atoms with Crippen molar-refractivity contribution in [2.24, 2.45) is 0 Å². The van der Waals surface area contributed by atoms with E-state index < -0.39 is 0 Å².